The summed E-state index contributed by atoms with van der Waals surface area (Å²) < 4.78 is 10.5. The average Bonchev–Trinajstić information content (AvgIpc) is 2.68. The SMILES string of the molecule is COc1cccc(OC)c1C1CC(O)C(=O)N1. The maximum atomic E-state index is 11.3. The van der Waals surface area contributed by atoms with Crippen molar-refractivity contribution < 1.29 is 19.4 Å². The molecule has 1 aromatic carbocycles. The van der Waals surface area contributed by atoms with E-state index in [-0.39, 0.29) is 11.9 Å². The Morgan fingerprint density at radius 1 is 1.29 bits per heavy atom. The molecule has 0 radical (unpaired) electrons. The number of ether oxygens (including phenoxy) is 2. The van der Waals surface area contributed by atoms with Crippen LogP contribution in [-0.4, -0.2) is 31.3 Å². The summed E-state index contributed by atoms with van der Waals surface area (Å²) in [4.78, 5) is 11.3. The third kappa shape index (κ3) is 2.06. The molecule has 92 valence electrons. The van der Waals surface area contributed by atoms with Gasteiger partial charge in [-0.25, -0.2) is 0 Å². The van der Waals surface area contributed by atoms with Crippen LogP contribution in [-0.2, 0) is 4.79 Å². The monoisotopic (exact) mass is 237 g/mol. The van der Waals surface area contributed by atoms with Crippen molar-refractivity contribution in [2.24, 2.45) is 0 Å². The molecule has 1 amide bonds. The Hall–Kier alpha value is -1.75. The molecule has 2 unspecified atom stereocenters. The smallest absolute Gasteiger partial charge is 0.249 e. The van der Waals surface area contributed by atoms with Gasteiger partial charge in [0.2, 0.25) is 5.91 Å². The summed E-state index contributed by atoms with van der Waals surface area (Å²) in [7, 11) is 3.12. The van der Waals surface area contributed by atoms with Crippen molar-refractivity contribution in [1.29, 1.82) is 0 Å². The third-order valence-corrected chi connectivity index (χ3v) is 2.89. The van der Waals surface area contributed by atoms with Gasteiger partial charge in [-0.2, -0.15) is 0 Å². The number of rotatable bonds is 3. The van der Waals surface area contributed by atoms with Crippen molar-refractivity contribution in [2.75, 3.05) is 14.2 Å². The highest BCUT2D eigenvalue weighted by Crippen LogP contribution is 2.37. The lowest BCUT2D eigenvalue weighted by molar-refractivity contribution is -0.126. The van der Waals surface area contributed by atoms with Gasteiger partial charge in [-0.05, 0) is 12.1 Å². The fraction of sp³-hybridized carbons (Fsp3) is 0.417. The van der Waals surface area contributed by atoms with Crippen LogP contribution in [0.2, 0.25) is 0 Å². The second-order valence-corrected chi connectivity index (χ2v) is 3.89. The molecule has 0 saturated carbocycles. The minimum Gasteiger partial charge on any atom is -0.496 e. The quantitative estimate of drug-likeness (QED) is 0.809. The number of amides is 1. The molecule has 1 fully saturated rings. The van der Waals surface area contributed by atoms with Crippen molar-refractivity contribution in [1.82, 2.24) is 5.32 Å². The largest absolute Gasteiger partial charge is 0.496 e. The van der Waals surface area contributed by atoms with E-state index < -0.39 is 6.10 Å². The number of hydrogen-bond donors (Lipinski definition) is 2. The fourth-order valence-electron chi connectivity index (χ4n) is 2.07. The van der Waals surface area contributed by atoms with Gasteiger partial charge in [0.05, 0.1) is 25.8 Å². The number of carbonyl (C=O) groups is 1. The predicted molar refractivity (Wildman–Crippen MR) is 61.1 cm³/mol. The van der Waals surface area contributed by atoms with Gasteiger partial charge < -0.3 is 19.9 Å². The van der Waals surface area contributed by atoms with Gasteiger partial charge in [0, 0.05) is 6.42 Å². The van der Waals surface area contributed by atoms with E-state index in [4.69, 9.17) is 9.47 Å². The second kappa shape index (κ2) is 4.63. The zero-order valence-electron chi connectivity index (χ0n) is 9.77. The van der Waals surface area contributed by atoms with Gasteiger partial charge in [0.1, 0.15) is 17.6 Å². The van der Waals surface area contributed by atoms with E-state index in [1.165, 1.54) is 0 Å². The highest BCUT2D eigenvalue weighted by atomic mass is 16.5. The van der Waals surface area contributed by atoms with Crippen molar-refractivity contribution in [3.8, 4) is 11.5 Å². The zero-order chi connectivity index (χ0) is 12.4. The van der Waals surface area contributed by atoms with Crippen molar-refractivity contribution >= 4 is 5.91 Å². The van der Waals surface area contributed by atoms with E-state index in [2.05, 4.69) is 5.32 Å². The van der Waals surface area contributed by atoms with Crippen LogP contribution in [0, 0.1) is 0 Å². The number of benzene rings is 1. The molecule has 0 spiro atoms. The van der Waals surface area contributed by atoms with Gasteiger partial charge in [-0.1, -0.05) is 6.07 Å². The molecule has 1 aromatic rings. The summed E-state index contributed by atoms with van der Waals surface area (Å²) >= 11 is 0. The third-order valence-electron chi connectivity index (χ3n) is 2.89. The first-order valence-corrected chi connectivity index (χ1v) is 5.36. The second-order valence-electron chi connectivity index (χ2n) is 3.89. The van der Waals surface area contributed by atoms with Crippen molar-refractivity contribution in [2.45, 2.75) is 18.6 Å². The van der Waals surface area contributed by atoms with E-state index in [1.807, 2.05) is 6.07 Å². The fourth-order valence-corrected chi connectivity index (χ4v) is 2.07. The Morgan fingerprint density at radius 2 is 1.88 bits per heavy atom. The summed E-state index contributed by atoms with van der Waals surface area (Å²) in [5, 5.41) is 12.2. The molecule has 0 aromatic heterocycles. The van der Waals surface area contributed by atoms with E-state index in [0.717, 1.165) is 5.56 Å². The maximum absolute atomic E-state index is 11.3. The summed E-state index contributed by atoms with van der Waals surface area (Å²) in [6.45, 7) is 0. The minimum absolute atomic E-state index is 0.274. The predicted octanol–water partition coefficient (Wildman–Crippen LogP) is 0.626. The molecule has 1 aliphatic heterocycles. The Morgan fingerprint density at radius 3 is 2.29 bits per heavy atom. The molecule has 1 saturated heterocycles. The Balaban J connectivity index is 2.40. The molecular formula is C12H15NO4. The highest BCUT2D eigenvalue weighted by Gasteiger charge is 2.34. The lowest BCUT2D eigenvalue weighted by atomic mass is 10.0. The standard InChI is InChI=1S/C12H15NO4/c1-16-9-4-3-5-10(17-2)11(9)7-6-8(14)12(15)13-7/h3-5,7-8,14H,6H2,1-2H3,(H,13,15). The minimum atomic E-state index is -0.963. The number of methoxy groups -OCH3 is 2. The van der Waals surface area contributed by atoms with Gasteiger partial charge in [0.15, 0.2) is 0 Å². The van der Waals surface area contributed by atoms with E-state index in [9.17, 15) is 9.90 Å². The van der Waals surface area contributed by atoms with Crippen LogP contribution in [0.5, 0.6) is 11.5 Å². The van der Waals surface area contributed by atoms with Crippen LogP contribution in [0.15, 0.2) is 18.2 Å². The molecule has 5 heteroatoms. The van der Waals surface area contributed by atoms with E-state index in [1.54, 1.807) is 26.4 Å². The van der Waals surface area contributed by atoms with Crippen LogP contribution >= 0.6 is 0 Å². The number of aliphatic hydroxyl groups excluding tert-OH is 1. The Labute approximate surface area is 99.3 Å². The van der Waals surface area contributed by atoms with Crippen LogP contribution in [0.4, 0.5) is 0 Å². The summed E-state index contributed by atoms with van der Waals surface area (Å²) in [5.41, 5.74) is 0.766. The molecular weight excluding hydrogens is 222 g/mol. The van der Waals surface area contributed by atoms with Crippen molar-refractivity contribution in [3.63, 3.8) is 0 Å². The number of hydrogen-bond acceptors (Lipinski definition) is 4. The van der Waals surface area contributed by atoms with Crippen LogP contribution < -0.4 is 14.8 Å². The zero-order valence-corrected chi connectivity index (χ0v) is 9.77. The highest BCUT2D eigenvalue weighted by molar-refractivity contribution is 5.83. The Bertz CT molecular complexity index is 410. The molecule has 2 atom stereocenters. The number of aliphatic hydroxyl groups is 1. The number of nitrogens with one attached hydrogen (secondary N) is 1. The van der Waals surface area contributed by atoms with Gasteiger partial charge in [0.25, 0.3) is 0 Å². The molecule has 2 N–H and O–H groups in total. The molecule has 0 bridgehead atoms. The normalized spacial score (nSPS) is 23.4. The lowest BCUT2D eigenvalue weighted by Crippen LogP contribution is -2.24. The first-order valence-electron chi connectivity index (χ1n) is 5.36. The van der Waals surface area contributed by atoms with E-state index >= 15 is 0 Å². The Kier molecular flexibility index (Phi) is 3.19. The van der Waals surface area contributed by atoms with Gasteiger partial charge >= 0.3 is 0 Å². The van der Waals surface area contributed by atoms with E-state index in [0.29, 0.717) is 17.9 Å². The summed E-state index contributed by atoms with van der Waals surface area (Å²) in [5.74, 6) is 0.926. The topological polar surface area (TPSA) is 67.8 Å². The average molecular weight is 237 g/mol. The molecule has 5 nitrogen and oxygen atoms in total. The number of carbonyl (C=O) groups excluding carboxylic acids is 1. The van der Waals surface area contributed by atoms with Crippen LogP contribution in [0.1, 0.15) is 18.0 Å². The molecule has 0 aliphatic carbocycles. The lowest BCUT2D eigenvalue weighted by Gasteiger charge is -2.17. The van der Waals surface area contributed by atoms with Crippen LogP contribution in [0.3, 0.4) is 0 Å². The van der Waals surface area contributed by atoms with Gasteiger partial charge in [-0.15, -0.1) is 0 Å². The summed E-state index contributed by atoms with van der Waals surface area (Å²) in [6, 6.07) is 5.14. The first-order chi connectivity index (χ1) is 8.17. The molecule has 17 heavy (non-hydrogen) atoms. The van der Waals surface area contributed by atoms with Crippen LogP contribution in [0.25, 0.3) is 0 Å². The van der Waals surface area contributed by atoms with Crippen molar-refractivity contribution in [3.05, 3.63) is 23.8 Å². The first kappa shape index (κ1) is 11.7. The van der Waals surface area contributed by atoms with Gasteiger partial charge in [-0.3, -0.25) is 4.79 Å². The molecule has 1 aliphatic rings. The summed E-state index contributed by atoms with van der Waals surface area (Å²) in [6.07, 6.45) is -0.634. The molecule has 2 rings (SSSR count). The maximum Gasteiger partial charge on any atom is 0.249 e. The molecule has 1 heterocycles.